The van der Waals surface area contributed by atoms with Gasteiger partial charge < -0.3 is 9.47 Å². The Morgan fingerprint density at radius 2 is 1.91 bits per heavy atom. The van der Waals surface area contributed by atoms with E-state index in [1.54, 1.807) is 0 Å². The van der Waals surface area contributed by atoms with Crippen molar-refractivity contribution in [1.82, 2.24) is 0 Å². The van der Waals surface area contributed by atoms with Crippen LogP contribution in [-0.4, -0.2) is 23.6 Å². The van der Waals surface area contributed by atoms with E-state index in [1.807, 2.05) is 13.8 Å². The smallest absolute Gasteiger partial charge is 0.351 e. The normalized spacial score (nSPS) is 52.1. The molecule has 4 nitrogen and oxygen atoms in total. The number of esters is 2. The number of ether oxygens (including phenoxy) is 2. The lowest BCUT2D eigenvalue weighted by Gasteiger charge is -2.74. The number of hydrogen-bond donors (Lipinski definition) is 0. The summed E-state index contributed by atoms with van der Waals surface area (Å²) in [6.07, 6.45) is 10.5. The van der Waals surface area contributed by atoms with Crippen LogP contribution in [0.4, 0.5) is 0 Å². The molecule has 0 spiro atoms. The molecule has 1 aliphatic heterocycles. The molecule has 0 aromatic heterocycles. The molecule has 0 bridgehead atoms. The molecule has 1 saturated heterocycles. The van der Waals surface area contributed by atoms with Gasteiger partial charge in [-0.2, -0.15) is 0 Å². The van der Waals surface area contributed by atoms with Gasteiger partial charge in [-0.25, -0.2) is 4.79 Å². The quantitative estimate of drug-likeness (QED) is 0.577. The van der Waals surface area contributed by atoms with Crippen LogP contribution in [-0.2, 0) is 19.1 Å². The number of allylic oxidation sites excluding steroid dienone is 2. The first-order chi connectivity index (χ1) is 10.8. The molecule has 0 amide bonds. The molecule has 4 rings (SSSR count). The molecular formula is C19H26O4. The van der Waals surface area contributed by atoms with Crippen LogP contribution in [0.25, 0.3) is 0 Å². The number of hydrogen-bond acceptors (Lipinski definition) is 4. The zero-order valence-electron chi connectivity index (χ0n) is 14.3. The van der Waals surface area contributed by atoms with Crippen molar-refractivity contribution in [2.45, 2.75) is 77.4 Å². The summed E-state index contributed by atoms with van der Waals surface area (Å²) >= 11 is 0. The zero-order valence-corrected chi connectivity index (χ0v) is 14.3. The number of carbonyl (C=O) groups is 2. The third kappa shape index (κ3) is 1.53. The van der Waals surface area contributed by atoms with E-state index in [-0.39, 0.29) is 23.5 Å². The fraction of sp³-hybridized carbons (Fsp3) is 0.789. The molecule has 1 heterocycles. The van der Waals surface area contributed by atoms with Crippen molar-refractivity contribution >= 4 is 11.9 Å². The van der Waals surface area contributed by atoms with Gasteiger partial charge in [-0.05, 0) is 50.9 Å². The summed E-state index contributed by atoms with van der Waals surface area (Å²) in [5, 5.41) is 0. The Balaban J connectivity index is 1.55. The van der Waals surface area contributed by atoms with Crippen LogP contribution in [0, 0.1) is 16.2 Å². The molecule has 23 heavy (non-hydrogen) atoms. The Bertz CT molecular complexity index is 610. The van der Waals surface area contributed by atoms with Crippen molar-refractivity contribution < 1.29 is 19.1 Å². The molecule has 0 aromatic rings. The van der Waals surface area contributed by atoms with E-state index >= 15 is 0 Å². The Hall–Kier alpha value is -1.32. The Labute approximate surface area is 137 Å². The first-order valence-corrected chi connectivity index (χ1v) is 8.89. The van der Waals surface area contributed by atoms with Crippen molar-refractivity contribution in [1.29, 1.82) is 0 Å². The highest BCUT2D eigenvalue weighted by Crippen LogP contribution is 2.86. The van der Waals surface area contributed by atoms with Crippen molar-refractivity contribution in [3.8, 4) is 0 Å². The maximum Gasteiger partial charge on any atom is 0.351 e. The van der Waals surface area contributed by atoms with Crippen molar-refractivity contribution in [3.63, 3.8) is 0 Å². The molecule has 126 valence electrons. The van der Waals surface area contributed by atoms with Crippen LogP contribution >= 0.6 is 0 Å². The Kier molecular flexibility index (Phi) is 2.91. The van der Waals surface area contributed by atoms with Gasteiger partial charge in [0.15, 0.2) is 0 Å². The summed E-state index contributed by atoms with van der Waals surface area (Å²) in [7, 11) is 0. The van der Waals surface area contributed by atoms with Crippen LogP contribution in [0.2, 0.25) is 0 Å². The van der Waals surface area contributed by atoms with Crippen LogP contribution in [0.3, 0.4) is 0 Å². The standard InChI is InChI=1S/C19H26O4/c1-16-11-17(2)14(20)23-19(12-16,18(16,17)3)15(21)22-13-9-7-5-4-6-8-10-13/h4-5,13H,6-12H2,1-3H3/b5-4-/t13-,16?,17-,18?,19+/m1/s1. The second-order valence-corrected chi connectivity index (χ2v) is 8.59. The van der Waals surface area contributed by atoms with Crippen LogP contribution in [0.15, 0.2) is 12.2 Å². The predicted octanol–water partition coefficient (Wildman–Crippen LogP) is 3.54. The lowest BCUT2D eigenvalue weighted by atomic mass is 9.25. The van der Waals surface area contributed by atoms with Crippen LogP contribution in [0.1, 0.15) is 65.7 Å². The molecule has 0 N–H and O–H groups in total. The monoisotopic (exact) mass is 318 g/mol. The van der Waals surface area contributed by atoms with Crippen molar-refractivity contribution in [2.24, 2.45) is 16.2 Å². The van der Waals surface area contributed by atoms with Gasteiger partial charge in [0.05, 0.1) is 5.41 Å². The molecule has 3 fully saturated rings. The van der Waals surface area contributed by atoms with Gasteiger partial charge in [-0.1, -0.05) is 26.0 Å². The van der Waals surface area contributed by atoms with Crippen molar-refractivity contribution in [3.05, 3.63) is 12.2 Å². The zero-order chi connectivity index (χ0) is 16.5. The maximum atomic E-state index is 13.0. The highest BCUT2D eigenvalue weighted by Gasteiger charge is 2.93. The minimum Gasteiger partial charge on any atom is -0.459 e. The second kappa shape index (κ2) is 4.40. The highest BCUT2D eigenvalue weighted by molar-refractivity contribution is 5.96. The molecule has 3 aliphatic carbocycles. The third-order valence-electron chi connectivity index (χ3n) is 7.54. The van der Waals surface area contributed by atoms with Gasteiger partial charge in [-0.3, -0.25) is 4.79 Å². The first-order valence-electron chi connectivity index (χ1n) is 8.89. The summed E-state index contributed by atoms with van der Waals surface area (Å²) < 4.78 is 11.6. The lowest BCUT2D eigenvalue weighted by Crippen LogP contribution is -2.80. The number of carbonyl (C=O) groups excluding carboxylic acids is 2. The van der Waals surface area contributed by atoms with Gasteiger partial charge in [0, 0.05) is 11.8 Å². The van der Waals surface area contributed by atoms with E-state index < -0.39 is 16.4 Å². The third-order valence-corrected chi connectivity index (χ3v) is 7.54. The summed E-state index contributed by atoms with van der Waals surface area (Å²) in [5.74, 6) is -0.517. The molecule has 2 unspecified atom stereocenters. The summed E-state index contributed by atoms with van der Waals surface area (Å²) in [6, 6.07) is 0. The van der Waals surface area contributed by atoms with Gasteiger partial charge >= 0.3 is 11.9 Å². The summed E-state index contributed by atoms with van der Waals surface area (Å²) in [4.78, 5) is 25.4. The minimum atomic E-state index is -1.04. The molecule has 0 radical (unpaired) electrons. The topological polar surface area (TPSA) is 52.6 Å². The fourth-order valence-corrected chi connectivity index (χ4v) is 5.98. The lowest BCUT2D eigenvalue weighted by molar-refractivity contribution is -0.310. The highest BCUT2D eigenvalue weighted by atomic mass is 16.6. The average molecular weight is 318 g/mol. The summed E-state index contributed by atoms with van der Waals surface area (Å²) in [5.41, 5.74) is -1.95. The first kappa shape index (κ1) is 15.2. The SMILES string of the molecule is CC12C[C@@]3(C(=O)O[C@@H]4CC/C=C\CCC4)OC(=O)[C@@](C)(C1)C23C. The van der Waals surface area contributed by atoms with Gasteiger partial charge in [0.2, 0.25) is 5.60 Å². The predicted molar refractivity (Wildman–Crippen MR) is 84.5 cm³/mol. The Morgan fingerprint density at radius 3 is 2.65 bits per heavy atom. The minimum absolute atomic E-state index is 0.0244. The van der Waals surface area contributed by atoms with E-state index in [9.17, 15) is 9.59 Å². The van der Waals surface area contributed by atoms with E-state index in [1.165, 1.54) is 0 Å². The van der Waals surface area contributed by atoms with Gasteiger partial charge in [-0.15, -0.1) is 0 Å². The van der Waals surface area contributed by atoms with E-state index in [0.29, 0.717) is 6.42 Å². The largest absolute Gasteiger partial charge is 0.459 e. The Morgan fingerprint density at radius 1 is 1.17 bits per heavy atom. The van der Waals surface area contributed by atoms with Crippen LogP contribution < -0.4 is 0 Å². The van der Waals surface area contributed by atoms with Gasteiger partial charge in [0.25, 0.3) is 0 Å². The molecule has 4 aliphatic rings. The second-order valence-electron chi connectivity index (χ2n) is 8.59. The van der Waals surface area contributed by atoms with Gasteiger partial charge in [0.1, 0.15) is 6.10 Å². The average Bonchev–Trinajstić information content (AvgIpc) is 2.54. The number of rotatable bonds is 2. The molecule has 4 heteroatoms. The summed E-state index contributed by atoms with van der Waals surface area (Å²) in [6.45, 7) is 6.17. The molecule has 2 saturated carbocycles. The van der Waals surface area contributed by atoms with E-state index in [2.05, 4.69) is 19.1 Å². The van der Waals surface area contributed by atoms with Crippen molar-refractivity contribution in [2.75, 3.05) is 0 Å². The fourth-order valence-electron chi connectivity index (χ4n) is 5.98. The van der Waals surface area contributed by atoms with E-state index in [4.69, 9.17) is 9.47 Å². The van der Waals surface area contributed by atoms with E-state index in [0.717, 1.165) is 38.5 Å². The molecule has 0 aromatic carbocycles. The molecular weight excluding hydrogens is 292 g/mol. The molecule has 5 atom stereocenters. The maximum absolute atomic E-state index is 13.0. The van der Waals surface area contributed by atoms with Crippen LogP contribution in [0.5, 0.6) is 0 Å².